The first-order chi connectivity index (χ1) is 14.8. The largest absolute Gasteiger partial charge is 0.330 e. The Morgan fingerprint density at radius 3 is 2.23 bits per heavy atom. The van der Waals surface area contributed by atoms with E-state index in [1.54, 1.807) is 16.8 Å². The first kappa shape index (κ1) is 18.0. The number of fused-ring (bicyclic) bond motifs is 2. The fourth-order valence-electron chi connectivity index (χ4n) is 3.52. The quantitative estimate of drug-likeness (QED) is 0.475. The Morgan fingerprint density at radius 1 is 0.800 bits per heavy atom. The van der Waals surface area contributed by atoms with Gasteiger partial charge >= 0.3 is 0 Å². The molecule has 8 nitrogen and oxygen atoms in total. The molecule has 0 radical (unpaired) electrons. The van der Waals surface area contributed by atoms with E-state index in [0.29, 0.717) is 18.5 Å². The van der Waals surface area contributed by atoms with E-state index in [2.05, 4.69) is 25.9 Å². The Labute approximate surface area is 172 Å². The summed E-state index contributed by atoms with van der Waals surface area (Å²) in [7, 11) is 0. The van der Waals surface area contributed by atoms with Crippen molar-refractivity contribution in [3.63, 3.8) is 0 Å². The average molecular weight is 397 g/mol. The number of carbonyl (C=O) groups excluding carboxylic acids is 1. The predicted octanol–water partition coefficient (Wildman–Crippen LogP) is 3.19. The van der Waals surface area contributed by atoms with Crippen LogP contribution in [0.25, 0.3) is 22.1 Å². The van der Waals surface area contributed by atoms with Crippen LogP contribution in [-0.4, -0.2) is 35.9 Å². The van der Waals surface area contributed by atoms with Gasteiger partial charge in [-0.15, -0.1) is 10.2 Å². The number of rotatable bonds is 6. The lowest BCUT2D eigenvalue weighted by atomic mass is 10.2. The number of hydrogen-bond acceptors (Lipinski definition) is 5. The molecule has 0 aliphatic carbocycles. The third kappa shape index (κ3) is 3.39. The van der Waals surface area contributed by atoms with Crippen molar-refractivity contribution >= 4 is 28.0 Å². The zero-order valence-corrected chi connectivity index (χ0v) is 16.1. The summed E-state index contributed by atoms with van der Waals surface area (Å²) in [6, 6.07) is 24.7. The molecule has 0 spiro atoms. The maximum Gasteiger partial charge on any atom is 0.252 e. The fraction of sp³-hybridized carbons (Fsp3) is 0.136. The second kappa shape index (κ2) is 7.75. The SMILES string of the molecule is O=C(NC(CCn1nnc2ccccc21)n1nnc2ccccc21)c1ccccc1. The molecule has 1 atom stereocenters. The summed E-state index contributed by atoms with van der Waals surface area (Å²) in [5.41, 5.74) is 4.03. The van der Waals surface area contributed by atoms with Crippen molar-refractivity contribution in [2.75, 3.05) is 0 Å². The number of aryl methyl sites for hydroxylation is 1. The lowest BCUT2D eigenvalue weighted by Gasteiger charge is -2.20. The van der Waals surface area contributed by atoms with Gasteiger partial charge in [0, 0.05) is 18.5 Å². The first-order valence-electron chi connectivity index (χ1n) is 9.74. The van der Waals surface area contributed by atoms with Gasteiger partial charge < -0.3 is 5.32 Å². The van der Waals surface area contributed by atoms with Crippen LogP contribution in [-0.2, 0) is 6.54 Å². The van der Waals surface area contributed by atoms with Gasteiger partial charge in [0.15, 0.2) is 0 Å². The van der Waals surface area contributed by atoms with Crippen LogP contribution in [0.2, 0.25) is 0 Å². The molecule has 0 aliphatic heterocycles. The molecule has 0 fully saturated rings. The fourth-order valence-corrected chi connectivity index (χ4v) is 3.52. The lowest BCUT2D eigenvalue weighted by Crippen LogP contribution is -2.34. The molecule has 0 aliphatic rings. The molecule has 0 saturated heterocycles. The van der Waals surface area contributed by atoms with Gasteiger partial charge in [-0.3, -0.25) is 4.79 Å². The second-order valence-corrected chi connectivity index (χ2v) is 6.97. The first-order valence-corrected chi connectivity index (χ1v) is 9.74. The Morgan fingerprint density at radius 2 is 1.43 bits per heavy atom. The van der Waals surface area contributed by atoms with Crippen LogP contribution < -0.4 is 5.32 Å². The Kier molecular flexibility index (Phi) is 4.65. The van der Waals surface area contributed by atoms with Crippen molar-refractivity contribution in [2.45, 2.75) is 19.1 Å². The molecule has 0 bridgehead atoms. The Hall–Kier alpha value is -4.07. The molecule has 3 aromatic carbocycles. The minimum atomic E-state index is -0.395. The summed E-state index contributed by atoms with van der Waals surface area (Å²) < 4.78 is 3.60. The monoisotopic (exact) mass is 397 g/mol. The smallest absolute Gasteiger partial charge is 0.252 e. The van der Waals surface area contributed by atoms with Gasteiger partial charge in [0.05, 0.1) is 11.0 Å². The molecule has 30 heavy (non-hydrogen) atoms. The maximum atomic E-state index is 12.9. The second-order valence-electron chi connectivity index (χ2n) is 6.97. The van der Waals surface area contributed by atoms with Crippen LogP contribution in [0.15, 0.2) is 78.9 Å². The number of nitrogens with zero attached hydrogens (tertiary/aromatic N) is 6. The van der Waals surface area contributed by atoms with E-state index in [1.807, 2.05) is 71.4 Å². The maximum absolute atomic E-state index is 12.9. The molecule has 0 saturated carbocycles. The summed E-state index contributed by atoms with van der Waals surface area (Å²) >= 11 is 0. The standard InChI is InChI=1S/C22H19N7O/c30-22(16-8-2-1-3-9-16)23-21(29-20-13-7-5-11-18(20)25-27-29)14-15-28-19-12-6-4-10-17(19)24-26-28/h1-13,21H,14-15H2,(H,23,30). The van der Waals surface area contributed by atoms with Crippen molar-refractivity contribution < 1.29 is 4.79 Å². The molecule has 2 aromatic heterocycles. The van der Waals surface area contributed by atoms with Crippen LogP contribution in [0.1, 0.15) is 22.9 Å². The molecule has 1 unspecified atom stereocenters. The summed E-state index contributed by atoms with van der Waals surface area (Å²) in [6.45, 7) is 0.564. The minimum Gasteiger partial charge on any atom is -0.330 e. The highest BCUT2D eigenvalue weighted by Crippen LogP contribution is 2.19. The number of nitrogens with one attached hydrogen (secondary N) is 1. The molecule has 2 heterocycles. The van der Waals surface area contributed by atoms with Crippen LogP contribution in [0, 0.1) is 0 Å². The molecule has 8 heteroatoms. The van der Waals surface area contributed by atoms with Crippen molar-refractivity contribution in [3.8, 4) is 0 Å². The summed E-state index contributed by atoms with van der Waals surface area (Å²) in [5.74, 6) is -0.163. The van der Waals surface area contributed by atoms with Gasteiger partial charge in [-0.25, -0.2) is 9.36 Å². The normalized spacial score (nSPS) is 12.3. The summed E-state index contributed by atoms with van der Waals surface area (Å²) in [5, 5.41) is 20.1. The predicted molar refractivity (Wildman–Crippen MR) is 113 cm³/mol. The minimum absolute atomic E-state index is 0.163. The van der Waals surface area contributed by atoms with Gasteiger partial charge in [0.1, 0.15) is 17.2 Å². The molecule has 1 N–H and O–H groups in total. The molecule has 5 rings (SSSR count). The number of aromatic nitrogens is 6. The van der Waals surface area contributed by atoms with E-state index < -0.39 is 6.17 Å². The zero-order valence-electron chi connectivity index (χ0n) is 16.1. The third-order valence-corrected chi connectivity index (χ3v) is 5.04. The Balaban J connectivity index is 1.45. The number of hydrogen-bond donors (Lipinski definition) is 1. The highest BCUT2D eigenvalue weighted by atomic mass is 16.1. The number of benzene rings is 3. The summed E-state index contributed by atoms with van der Waals surface area (Å²) in [4.78, 5) is 12.9. The van der Waals surface area contributed by atoms with Crippen molar-refractivity contribution in [1.29, 1.82) is 0 Å². The van der Waals surface area contributed by atoms with E-state index >= 15 is 0 Å². The van der Waals surface area contributed by atoms with Crippen LogP contribution in [0.4, 0.5) is 0 Å². The highest BCUT2D eigenvalue weighted by molar-refractivity contribution is 5.94. The number of amides is 1. The molecule has 148 valence electrons. The lowest BCUT2D eigenvalue weighted by molar-refractivity contribution is 0.0911. The third-order valence-electron chi connectivity index (χ3n) is 5.04. The molecule has 5 aromatic rings. The number of carbonyl (C=O) groups is 1. The van der Waals surface area contributed by atoms with Crippen LogP contribution in [0.5, 0.6) is 0 Å². The summed E-state index contributed by atoms with van der Waals surface area (Å²) in [6.07, 6.45) is 0.173. The average Bonchev–Trinajstić information content (AvgIpc) is 3.41. The topological polar surface area (TPSA) is 90.5 Å². The Bertz CT molecular complexity index is 1310. The zero-order chi connectivity index (χ0) is 20.3. The van der Waals surface area contributed by atoms with Crippen LogP contribution >= 0.6 is 0 Å². The molecular formula is C22H19N7O. The van der Waals surface area contributed by atoms with Crippen molar-refractivity contribution in [1.82, 2.24) is 35.3 Å². The van der Waals surface area contributed by atoms with Gasteiger partial charge in [0.2, 0.25) is 0 Å². The van der Waals surface area contributed by atoms with Crippen molar-refractivity contribution in [2.24, 2.45) is 0 Å². The van der Waals surface area contributed by atoms with Crippen molar-refractivity contribution in [3.05, 3.63) is 84.4 Å². The highest BCUT2D eigenvalue weighted by Gasteiger charge is 2.19. The van der Waals surface area contributed by atoms with Gasteiger partial charge in [-0.05, 0) is 36.4 Å². The van der Waals surface area contributed by atoms with E-state index in [9.17, 15) is 4.79 Å². The van der Waals surface area contributed by atoms with Gasteiger partial charge in [-0.1, -0.05) is 52.9 Å². The van der Waals surface area contributed by atoms with E-state index in [-0.39, 0.29) is 5.91 Å². The van der Waals surface area contributed by atoms with Gasteiger partial charge in [0.25, 0.3) is 5.91 Å². The van der Waals surface area contributed by atoms with Gasteiger partial charge in [-0.2, -0.15) is 0 Å². The molecule has 1 amide bonds. The van der Waals surface area contributed by atoms with Crippen LogP contribution in [0.3, 0.4) is 0 Å². The van der Waals surface area contributed by atoms with E-state index in [1.165, 1.54) is 0 Å². The molecular weight excluding hydrogens is 378 g/mol. The number of para-hydroxylation sites is 2. The van der Waals surface area contributed by atoms with E-state index in [4.69, 9.17) is 0 Å². The van der Waals surface area contributed by atoms with E-state index in [0.717, 1.165) is 22.1 Å².